The van der Waals surface area contributed by atoms with E-state index >= 15 is 0 Å². The van der Waals surface area contributed by atoms with Crippen LogP contribution in [0.4, 0.5) is 11.8 Å². The summed E-state index contributed by atoms with van der Waals surface area (Å²) in [7, 11) is 0. The molecule has 43 heavy (non-hydrogen) atoms. The fraction of sp³-hybridized carbons (Fsp3) is 0.455. The van der Waals surface area contributed by atoms with Gasteiger partial charge >= 0.3 is 0 Å². The molecule has 2 aliphatic rings. The molecule has 0 bridgehead atoms. The van der Waals surface area contributed by atoms with E-state index < -0.39 is 6.04 Å². The smallest absolute Gasteiger partial charge is 0.242 e. The highest BCUT2D eigenvalue weighted by molar-refractivity contribution is 5.90. The number of phenols is 1. The number of pyridine rings is 1. The second kappa shape index (κ2) is 13.8. The Morgan fingerprint density at radius 1 is 1.12 bits per heavy atom. The molecule has 1 amide bonds. The van der Waals surface area contributed by atoms with Crippen LogP contribution in [-0.2, 0) is 11.4 Å². The number of nitrogens with one attached hydrogen (secondary N) is 2. The molecule has 1 fully saturated rings. The summed E-state index contributed by atoms with van der Waals surface area (Å²) in [6.45, 7) is 5.55. The summed E-state index contributed by atoms with van der Waals surface area (Å²) in [4.78, 5) is 29.1. The predicted molar refractivity (Wildman–Crippen MR) is 167 cm³/mol. The van der Waals surface area contributed by atoms with Crippen LogP contribution >= 0.6 is 0 Å². The first kappa shape index (κ1) is 30.3. The van der Waals surface area contributed by atoms with Gasteiger partial charge in [0.05, 0.1) is 24.3 Å². The second-order valence-electron chi connectivity index (χ2n) is 11.2. The molecule has 10 nitrogen and oxygen atoms in total. The van der Waals surface area contributed by atoms with Gasteiger partial charge in [-0.1, -0.05) is 31.3 Å². The summed E-state index contributed by atoms with van der Waals surface area (Å²) in [5.41, 5.74) is 4.85. The van der Waals surface area contributed by atoms with Gasteiger partial charge in [0.25, 0.3) is 0 Å². The van der Waals surface area contributed by atoms with Gasteiger partial charge < -0.3 is 30.9 Å². The van der Waals surface area contributed by atoms with Crippen molar-refractivity contribution >= 4 is 28.7 Å². The number of anilines is 2. The normalized spacial score (nSPS) is 18.4. The van der Waals surface area contributed by atoms with Crippen molar-refractivity contribution in [1.29, 1.82) is 0 Å². The van der Waals surface area contributed by atoms with E-state index in [2.05, 4.69) is 36.3 Å². The molecule has 0 radical (unpaired) electrons. The van der Waals surface area contributed by atoms with Gasteiger partial charge in [-0.2, -0.15) is 9.97 Å². The fourth-order valence-corrected chi connectivity index (χ4v) is 5.70. The number of carbonyl (C=O) groups is 1. The topological polar surface area (TPSA) is 144 Å². The lowest BCUT2D eigenvalue weighted by molar-refractivity contribution is -0.121. The monoisotopic (exact) mass is 584 g/mol. The van der Waals surface area contributed by atoms with Gasteiger partial charge in [0.15, 0.2) is 5.65 Å². The third kappa shape index (κ3) is 6.90. The Kier molecular flexibility index (Phi) is 9.75. The highest BCUT2D eigenvalue weighted by atomic mass is 16.3. The van der Waals surface area contributed by atoms with E-state index in [1.54, 1.807) is 12.1 Å². The molecule has 1 saturated heterocycles. The number of allylic oxidation sites excluding steroid dienone is 2. The van der Waals surface area contributed by atoms with E-state index in [-0.39, 0.29) is 30.8 Å². The Bertz CT molecular complexity index is 1580. The summed E-state index contributed by atoms with van der Waals surface area (Å²) in [5, 5.41) is 36.5. The van der Waals surface area contributed by atoms with Crippen molar-refractivity contribution in [2.75, 3.05) is 36.5 Å². The van der Waals surface area contributed by atoms with Gasteiger partial charge in [0.2, 0.25) is 11.9 Å². The van der Waals surface area contributed by atoms with Crippen LogP contribution in [0.1, 0.15) is 57.9 Å². The van der Waals surface area contributed by atoms with Crippen LogP contribution in [-0.4, -0.2) is 68.5 Å². The van der Waals surface area contributed by atoms with Gasteiger partial charge in [-0.15, -0.1) is 0 Å². The number of hydrogen-bond donors (Lipinski definition) is 5. The molecule has 2 aromatic heterocycles. The molecule has 226 valence electrons. The highest BCUT2D eigenvalue weighted by Gasteiger charge is 2.24. The Labute approximate surface area is 252 Å². The number of nitrogens with zero attached hydrogens (tertiary/aromatic N) is 4. The number of rotatable bonds is 10. The van der Waals surface area contributed by atoms with Crippen molar-refractivity contribution in [3.63, 3.8) is 0 Å². The van der Waals surface area contributed by atoms with E-state index in [4.69, 9.17) is 15.0 Å². The molecule has 2 atom stereocenters. The Hall–Kier alpha value is -4.20. The maximum atomic E-state index is 12.7. The quantitative estimate of drug-likeness (QED) is 0.224. The summed E-state index contributed by atoms with van der Waals surface area (Å²) >= 11 is 0. The van der Waals surface area contributed by atoms with E-state index in [1.807, 2.05) is 17.0 Å². The predicted octanol–water partition coefficient (Wildman–Crippen LogP) is 3.91. The minimum absolute atomic E-state index is 0.0153. The Morgan fingerprint density at radius 2 is 1.98 bits per heavy atom. The Balaban J connectivity index is 1.51. The summed E-state index contributed by atoms with van der Waals surface area (Å²) < 4.78 is 0. The molecule has 10 heteroatoms. The molecule has 1 aliphatic carbocycles. The number of hydrogen-bond acceptors (Lipinski definition) is 9. The van der Waals surface area contributed by atoms with E-state index in [1.165, 1.54) is 17.2 Å². The van der Waals surface area contributed by atoms with Gasteiger partial charge in [-0.05, 0) is 68.4 Å². The molecule has 1 aliphatic heterocycles. The van der Waals surface area contributed by atoms with Gasteiger partial charge in [0.1, 0.15) is 17.6 Å². The zero-order chi connectivity index (χ0) is 30.3. The lowest BCUT2D eigenvalue weighted by Crippen LogP contribution is -2.38. The van der Waals surface area contributed by atoms with Crippen LogP contribution in [0.3, 0.4) is 0 Å². The van der Waals surface area contributed by atoms with Crippen molar-refractivity contribution in [2.45, 2.75) is 65.0 Å². The standard InChI is InChI=1S/C33H40N6O4/c1-3-22-18-21(2)25(22)8-5-7-15-39(16-17-40)31-26-11-12-27(23-10-13-29(42)24(19-23)20-41)35-30(26)37-33(38-31)36-28-9-4-6-14-34-32(28)43/h10-13,19,21,28,40-42H,3-4,6-7,9,14-18,20H2,1-2H3,(H,34,43)(H,35,36,37,38). The zero-order valence-corrected chi connectivity index (χ0v) is 24.9. The number of aromatic hydroxyl groups is 1. The van der Waals surface area contributed by atoms with Crippen LogP contribution in [0.2, 0.25) is 0 Å². The average Bonchev–Trinajstić information content (AvgIpc) is 3.21. The first-order valence-corrected chi connectivity index (χ1v) is 15.1. The molecule has 0 saturated carbocycles. The van der Waals surface area contributed by atoms with Gasteiger partial charge in [-0.25, -0.2) is 4.98 Å². The van der Waals surface area contributed by atoms with Gasteiger partial charge in [-0.3, -0.25) is 4.79 Å². The van der Waals surface area contributed by atoms with Crippen molar-refractivity contribution in [2.24, 2.45) is 5.92 Å². The van der Waals surface area contributed by atoms with Crippen LogP contribution in [0.15, 0.2) is 41.5 Å². The number of benzene rings is 1. The van der Waals surface area contributed by atoms with E-state index in [0.29, 0.717) is 66.5 Å². The number of aliphatic hydroxyl groups is 2. The first-order valence-electron chi connectivity index (χ1n) is 15.1. The largest absolute Gasteiger partial charge is 0.508 e. The molecule has 3 heterocycles. The Morgan fingerprint density at radius 3 is 2.74 bits per heavy atom. The van der Waals surface area contributed by atoms with Crippen molar-refractivity contribution in [1.82, 2.24) is 20.3 Å². The minimum atomic E-state index is -0.470. The van der Waals surface area contributed by atoms with Crippen molar-refractivity contribution in [3.8, 4) is 28.8 Å². The van der Waals surface area contributed by atoms with Crippen molar-refractivity contribution in [3.05, 3.63) is 47.0 Å². The van der Waals surface area contributed by atoms with E-state index in [0.717, 1.165) is 31.2 Å². The molecule has 3 aromatic rings. The first-order chi connectivity index (χ1) is 20.9. The molecule has 1 aromatic carbocycles. The van der Waals surface area contributed by atoms with Crippen LogP contribution in [0.25, 0.3) is 22.3 Å². The number of fused-ring (bicyclic) bond motifs is 1. The highest BCUT2D eigenvalue weighted by Crippen LogP contribution is 2.35. The number of aliphatic hydroxyl groups excluding tert-OH is 2. The molecular weight excluding hydrogens is 544 g/mol. The SMILES string of the molecule is CCC1=C(C#CCCN(CCO)c2nc(NC3CCCCNC3=O)nc3nc(-c4ccc(O)c(CO)c4)ccc23)C(C)C1. The van der Waals surface area contributed by atoms with Crippen molar-refractivity contribution < 1.29 is 20.1 Å². The maximum absolute atomic E-state index is 12.7. The molecule has 2 unspecified atom stereocenters. The summed E-state index contributed by atoms with van der Waals surface area (Å²) in [5.74, 6) is 8.03. The number of carbonyl (C=O) groups excluding carboxylic acids is 1. The summed E-state index contributed by atoms with van der Waals surface area (Å²) in [6.07, 6.45) is 5.23. The van der Waals surface area contributed by atoms with Crippen LogP contribution in [0.5, 0.6) is 5.75 Å². The molecule has 0 spiro atoms. The average molecular weight is 585 g/mol. The number of amides is 1. The van der Waals surface area contributed by atoms with Crippen LogP contribution < -0.4 is 15.5 Å². The minimum Gasteiger partial charge on any atom is -0.508 e. The third-order valence-electron chi connectivity index (χ3n) is 8.18. The lowest BCUT2D eigenvalue weighted by Gasteiger charge is -2.27. The molecule has 5 rings (SSSR count). The molecular formula is C33H40N6O4. The molecule has 5 N–H and O–H groups in total. The number of aromatic nitrogens is 3. The third-order valence-corrected chi connectivity index (χ3v) is 8.18. The fourth-order valence-electron chi connectivity index (χ4n) is 5.70. The van der Waals surface area contributed by atoms with E-state index in [9.17, 15) is 20.1 Å². The maximum Gasteiger partial charge on any atom is 0.242 e. The van der Waals surface area contributed by atoms with Crippen LogP contribution in [0, 0.1) is 17.8 Å². The second-order valence-corrected chi connectivity index (χ2v) is 11.2. The zero-order valence-electron chi connectivity index (χ0n) is 24.9. The summed E-state index contributed by atoms with van der Waals surface area (Å²) in [6, 6.07) is 8.23. The van der Waals surface area contributed by atoms with Gasteiger partial charge in [0, 0.05) is 42.8 Å². The lowest BCUT2D eigenvalue weighted by atomic mass is 9.78.